The van der Waals surface area contributed by atoms with E-state index >= 15 is 0 Å². The number of nitrogens with zero attached hydrogens (tertiary/aromatic N) is 2. The van der Waals surface area contributed by atoms with Crippen molar-refractivity contribution in [3.8, 4) is 5.75 Å². The molecule has 0 spiro atoms. The minimum absolute atomic E-state index is 0.836. The fourth-order valence-corrected chi connectivity index (χ4v) is 1.96. The third kappa shape index (κ3) is 2.48. The van der Waals surface area contributed by atoms with E-state index in [1.165, 1.54) is 0 Å². The number of hydrogen-bond acceptors (Lipinski definition) is 3. The molecule has 94 valence electrons. The van der Waals surface area contributed by atoms with Crippen molar-refractivity contribution in [1.82, 2.24) is 4.98 Å². The monoisotopic (exact) mass is 306 g/mol. The molecule has 0 radical (unpaired) electrons. The molecule has 4 heteroatoms. The second-order valence-corrected chi connectivity index (χ2v) is 4.88. The van der Waals surface area contributed by atoms with Crippen LogP contribution < -0.4 is 9.64 Å². The van der Waals surface area contributed by atoms with Gasteiger partial charge in [-0.05, 0) is 46.6 Å². The van der Waals surface area contributed by atoms with Crippen molar-refractivity contribution in [3.63, 3.8) is 0 Å². The van der Waals surface area contributed by atoms with Crippen molar-refractivity contribution in [2.45, 2.75) is 6.92 Å². The molecular formula is C14H15BrN2O. The zero-order chi connectivity index (χ0) is 13.1. The molecule has 1 aromatic carbocycles. The molecule has 0 saturated heterocycles. The van der Waals surface area contributed by atoms with Gasteiger partial charge >= 0.3 is 0 Å². The Labute approximate surface area is 116 Å². The molecule has 0 saturated carbocycles. The van der Waals surface area contributed by atoms with Crippen LogP contribution in [0, 0.1) is 6.92 Å². The van der Waals surface area contributed by atoms with Gasteiger partial charge in [-0.3, -0.25) is 0 Å². The van der Waals surface area contributed by atoms with Crippen molar-refractivity contribution < 1.29 is 4.74 Å². The first kappa shape index (κ1) is 12.9. The van der Waals surface area contributed by atoms with Crippen LogP contribution in [0.25, 0.3) is 0 Å². The van der Waals surface area contributed by atoms with E-state index in [0.717, 1.165) is 27.3 Å². The lowest BCUT2D eigenvalue weighted by molar-refractivity contribution is 0.415. The maximum atomic E-state index is 5.36. The Bertz CT molecular complexity index is 557. The summed E-state index contributed by atoms with van der Waals surface area (Å²) in [6.07, 6.45) is 1.82. The van der Waals surface area contributed by atoms with Crippen molar-refractivity contribution >= 4 is 27.4 Å². The summed E-state index contributed by atoms with van der Waals surface area (Å²) in [6, 6.07) is 9.93. The summed E-state index contributed by atoms with van der Waals surface area (Å²) >= 11 is 3.46. The Morgan fingerprint density at radius 3 is 2.67 bits per heavy atom. The third-order valence-electron chi connectivity index (χ3n) is 2.82. The maximum absolute atomic E-state index is 5.36. The first-order valence-electron chi connectivity index (χ1n) is 5.62. The zero-order valence-electron chi connectivity index (χ0n) is 10.6. The van der Waals surface area contributed by atoms with Crippen molar-refractivity contribution in [3.05, 3.63) is 46.6 Å². The van der Waals surface area contributed by atoms with Crippen molar-refractivity contribution in [1.29, 1.82) is 0 Å². The lowest BCUT2D eigenvalue weighted by Gasteiger charge is -2.21. The molecule has 0 atom stereocenters. The number of methoxy groups -OCH3 is 1. The van der Waals surface area contributed by atoms with E-state index in [1.54, 1.807) is 7.11 Å². The number of halogens is 1. The topological polar surface area (TPSA) is 25.4 Å². The summed E-state index contributed by atoms with van der Waals surface area (Å²) in [5.41, 5.74) is 2.15. The number of benzene rings is 1. The fraction of sp³-hybridized carbons (Fsp3) is 0.214. The molecule has 2 aromatic rings. The van der Waals surface area contributed by atoms with Gasteiger partial charge in [-0.2, -0.15) is 0 Å². The Balaban J connectivity index is 2.41. The van der Waals surface area contributed by atoms with Crippen LogP contribution in [-0.2, 0) is 0 Å². The Morgan fingerprint density at radius 2 is 2.00 bits per heavy atom. The molecule has 0 aliphatic rings. The Kier molecular flexibility index (Phi) is 3.87. The summed E-state index contributed by atoms with van der Waals surface area (Å²) in [6.45, 7) is 2.05. The van der Waals surface area contributed by atoms with Crippen LogP contribution in [0.4, 0.5) is 11.5 Å². The first-order chi connectivity index (χ1) is 8.63. The van der Waals surface area contributed by atoms with E-state index < -0.39 is 0 Å². The minimum Gasteiger partial charge on any atom is -0.495 e. The molecule has 0 fully saturated rings. The number of aryl methyl sites for hydroxylation is 1. The van der Waals surface area contributed by atoms with E-state index in [1.807, 2.05) is 55.4 Å². The molecule has 1 aromatic heterocycles. The van der Waals surface area contributed by atoms with Gasteiger partial charge in [-0.1, -0.05) is 12.1 Å². The van der Waals surface area contributed by atoms with E-state index in [2.05, 4.69) is 20.9 Å². The maximum Gasteiger partial charge on any atom is 0.142 e. The number of pyridine rings is 1. The number of ether oxygens (including phenoxy) is 1. The highest BCUT2D eigenvalue weighted by Gasteiger charge is 2.11. The summed E-state index contributed by atoms with van der Waals surface area (Å²) in [5.74, 6) is 1.72. The highest BCUT2D eigenvalue weighted by molar-refractivity contribution is 9.10. The second-order valence-electron chi connectivity index (χ2n) is 4.02. The van der Waals surface area contributed by atoms with Crippen LogP contribution >= 0.6 is 15.9 Å². The van der Waals surface area contributed by atoms with Gasteiger partial charge in [0.1, 0.15) is 11.6 Å². The van der Waals surface area contributed by atoms with E-state index in [9.17, 15) is 0 Å². The van der Waals surface area contributed by atoms with Gasteiger partial charge in [-0.15, -0.1) is 0 Å². The van der Waals surface area contributed by atoms with Crippen LogP contribution in [0.5, 0.6) is 5.75 Å². The molecule has 0 bridgehead atoms. The van der Waals surface area contributed by atoms with E-state index in [-0.39, 0.29) is 0 Å². The molecular weight excluding hydrogens is 292 g/mol. The van der Waals surface area contributed by atoms with Crippen molar-refractivity contribution in [2.24, 2.45) is 0 Å². The van der Waals surface area contributed by atoms with Crippen molar-refractivity contribution in [2.75, 3.05) is 19.1 Å². The average molecular weight is 307 g/mol. The normalized spacial score (nSPS) is 10.2. The smallest absolute Gasteiger partial charge is 0.142 e. The van der Waals surface area contributed by atoms with Crippen LogP contribution in [0.3, 0.4) is 0 Å². The Morgan fingerprint density at radius 1 is 1.28 bits per heavy atom. The summed E-state index contributed by atoms with van der Waals surface area (Å²) < 4.78 is 6.38. The SMILES string of the molecule is COc1ccccc1N(C)c1cc(C)c(Br)cn1. The number of rotatable bonds is 3. The highest BCUT2D eigenvalue weighted by atomic mass is 79.9. The predicted octanol–water partition coefficient (Wildman–Crippen LogP) is 3.93. The molecule has 0 N–H and O–H groups in total. The predicted molar refractivity (Wildman–Crippen MR) is 77.7 cm³/mol. The van der Waals surface area contributed by atoms with E-state index in [4.69, 9.17) is 4.74 Å². The number of para-hydroxylation sites is 2. The standard InChI is InChI=1S/C14H15BrN2O/c1-10-8-14(16-9-11(10)15)17(2)12-6-4-5-7-13(12)18-3/h4-9H,1-3H3. The van der Waals surface area contributed by atoms with Crippen LogP contribution in [-0.4, -0.2) is 19.1 Å². The average Bonchev–Trinajstić information content (AvgIpc) is 2.41. The quantitative estimate of drug-likeness (QED) is 0.859. The highest BCUT2D eigenvalue weighted by Crippen LogP contribution is 2.32. The zero-order valence-corrected chi connectivity index (χ0v) is 12.2. The van der Waals surface area contributed by atoms with Gasteiger partial charge in [-0.25, -0.2) is 4.98 Å². The lowest BCUT2D eigenvalue weighted by Crippen LogP contribution is -2.12. The van der Waals surface area contributed by atoms with Gasteiger partial charge in [0, 0.05) is 17.7 Å². The van der Waals surface area contributed by atoms with E-state index in [0.29, 0.717) is 0 Å². The number of hydrogen-bond donors (Lipinski definition) is 0. The molecule has 18 heavy (non-hydrogen) atoms. The molecule has 2 rings (SSSR count). The minimum atomic E-state index is 0.836. The number of aromatic nitrogens is 1. The molecule has 1 heterocycles. The Hall–Kier alpha value is -1.55. The lowest BCUT2D eigenvalue weighted by atomic mass is 10.2. The third-order valence-corrected chi connectivity index (χ3v) is 3.65. The molecule has 0 aliphatic heterocycles. The van der Waals surface area contributed by atoms with Gasteiger partial charge in [0.2, 0.25) is 0 Å². The molecule has 0 amide bonds. The van der Waals surface area contributed by atoms with Gasteiger partial charge in [0.25, 0.3) is 0 Å². The summed E-state index contributed by atoms with van der Waals surface area (Å²) in [5, 5.41) is 0. The van der Waals surface area contributed by atoms with Gasteiger partial charge in [0.05, 0.1) is 12.8 Å². The molecule has 3 nitrogen and oxygen atoms in total. The van der Waals surface area contributed by atoms with Crippen LogP contribution in [0.1, 0.15) is 5.56 Å². The molecule has 0 unspecified atom stereocenters. The summed E-state index contributed by atoms with van der Waals surface area (Å²) in [7, 11) is 3.65. The summed E-state index contributed by atoms with van der Waals surface area (Å²) in [4.78, 5) is 6.43. The van der Waals surface area contributed by atoms with Crippen LogP contribution in [0.2, 0.25) is 0 Å². The second kappa shape index (κ2) is 5.40. The number of anilines is 2. The first-order valence-corrected chi connectivity index (χ1v) is 6.41. The van der Waals surface area contributed by atoms with Gasteiger partial charge < -0.3 is 9.64 Å². The largest absolute Gasteiger partial charge is 0.495 e. The van der Waals surface area contributed by atoms with Crippen LogP contribution in [0.15, 0.2) is 41.0 Å². The molecule has 0 aliphatic carbocycles. The van der Waals surface area contributed by atoms with Gasteiger partial charge in [0.15, 0.2) is 0 Å². The fourth-order valence-electron chi connectivity index (χ4n) is 1.74.